The van der Waals surface area contributed by atoms with E-state index in [1.165, 1.54) is 6.42 Å². The maximum Gasteiger partial charge on any atom is 0.272 e. The summed E-state index contributed by atoms with van der Waals surface area (Å²) < 4.78 is 5.78. The van der Waals surface area contributed by atoms with Crippen LogP contribution in [-0.2, 0) is 4.74 Å². The predicted octanol–water partition coefficient (Wildman–Crippen LogP) is 2.52. The van der Waals surface area contributed by atoms with Gasteiger partial charge < -0.3 is 9.64 Å². The fourth-order valence-electron chi connectivity index (χ4n) is 3.02. The highest BCUT2D eigenvalue weighted by Crippen LogP contribution is 2.29. The van der Waals surface area contributed by atoms with Crippen molar-refractivity contribution in [1.29, 1.82) is 0 Å². The molecule has 19 heavy (non-hydrogen) atoms. The number of amides is 1. The molecule has 2 heterocycles. The first-order valence-corrected chi connectivity index (χ1v) is 7.18. The Kier molecular flexibility index (Phi) is 3.71. The van der Waals surface area contributed by atoms with Crippen LogP contribution in [-0.4, -0.2) is 41.1 Å². The van der Waals surface area contributed by atoms with Crippen molar-refractivity contribution >= 4 is 17.5 Å². The van der Waals surface area contributed by atoms with Crippen LogP contribution in [0.4, 0.5) is 0 Å². The Balaban J connectivity index is 1.82. The van der Waals surface area contributed by atoms with Crippen molar-refractivity contribution in [2.24, 2.45) is 0 Å². The number of fused-ring (bicyclic) bond motifs is 1. The topological polar surface area (TPSA) is 42.4 Å². The van der Waals surface area contributed by atoms with Gasteiger partial charge in [-0.2, -0.15) is 0 Å². The van der Waals surface area contributed by atoms with Crippen molar-refractivity contribution in [3.63, 3.8) is 0 Å². The van der Waals surface area contributed by atoms with E-state index in [9.17, 15) is 4.79 Å². The smallest absolute Gasteiger partial charge is 0.272 e. The summed E-state index contributed by atoms with van der Waals surface area (Å²) in [6.45, 7) is 1.27. The summed E-state index contributed by atoms with van der Waals surface area (Å²) >= 11 is 5.86. The Hall–Kier alpha value is -1.13. The minimum atomic E-state index is -0.0253. The van der Waals surface area contributed by atoms with Crippen LogP contribution in [0.1, 0.15) is 36.2 Å². The first kappa shape index (κ1) is 12.9. The molecule has 4 nitrogen and oxygen atoms in total. The van der Waals surface area contributed by atoms with E-state index in [-0.39, 0.29) is 18.1 Å². The molecule has 2 aliphatic rings. The SMILES string of the molecule is O=C(c1cccc(Cl)n1)N1CCOC2CCCCC21. The van der Waals surface area contributed by atoms with E-state index in [0.29, 0.717) is 24.0 Å². The molecule has 3 rings (SSSR count). The van der Waals surface area contributed by atoms with Crippen LogP contribution < -0.4 is 0 Å². The van der Waals surface area contributed by atoms with Gasteiger partial charge in [-0.15, -0.1) is 0 Å². The summed E-state index contributed by atoms with van der Waals surface area (Å²) in [5.74, 6) is -0.0253. The van der Waals surface area contributed by atoms with Crippen LogP contribution >= 0.6 is 11.6 Å². The molecule has 5 heteroatoms. The van der Waals surface area contributed by atoms with E-state index >= 15 is 0 Å². The molecule has 1 aromatic rings. The summed E-state index contributed by atoms with van der Waals surface area (Å²) in [6.07, 6.45) is 4.63. The first-order valence-electron chi connectivity index (χ1n) is 6.81. The van der Waals surface area contributed by atoms with Crippen molar-refractivity contribution in [3.05, 3.63) is 29.0 Å². The maximum absolute atomic E-state index is 12.6. The third-order valence-corrected chi connectivity index (χ3v) is 4.14. The van der Waals surface area contributed by atoms with Crippen LogP contribution in [0.15, 0.2) is 18.2 Å². The summed E-state index contributed by atoms with van der Waals surface area (Å²) in [7, 11) is 0. The molecule has 1 saturated carbocycles. The quantitative estimate of drug-likeness (QED) is 0.743. The highest BCUT2D eigenvalue weighted by molar-refractivity contribution is 6.29. The van der Waals surface area contributed by atoms with Crippen molar-refractivity contribution in [1.82, 2.24) is 9.88 Å². The van der Waals surface area contributed by atoms with Crippen molar-refractivity contribution in [2.75, 3.05) is 13.2 Å². The van der Waals surface area contributed by atoms with Crippen LogP contribution in [0, 0.1) is 0 Å². The molecule has 0 N–H and O–H groups in total. The zero-order valence-corrected chi connectivity index (χ0v) is 11.5. The van der Waals surface area contributed by atoms with Crippen LogP contribution in [0.3, 0.4) is 0 Å². The van der Waals surface area contributed by atoms with Crippen molar-refractivity contribution in [3.8, 4) is 0 Å². The molecule has 2 atom stereocenters. The number of aromatic nitrogens is 1. The molecule has 102 valence electrons. The molecule has 1 aliphatic carbocycles. The number of ether oxygens (including phenoxy) is 1. The minimum absolute atomic E-state index is 0.0253. The molecular weight excluding hydrogens is 264 g/mol. The van der Waals surface area contributed by atoms with Gasteiger partial charge >= 0.3 is 0 Å². The summed E-state index contributed by atoms with van der Waals surface area (Å²) in [5.41, 5.74) is 0.429. The zero-order valence-electron chi connectivity index (χ0n) is 10.7. The molecule has 1 saturated heterocycles. The monoisotopic (exact) mass is 280 g/mol. The predicted molar refractivity (Wildman–Crippen MR) is 72.3 cm³/mol. The molecule has 2 unspecified atom stereocenters. The Morgan fingerprint density at radius 1 is 1.37 bits per heavy atom. The van der Waals surface area contributed by atoms with E-state index in [0.717, 1.165) is 19.3 Å². The molecule has 2 fully saturated rings. The lowest BCUT2D eigenvalue weighted by molar-refractivity contribution is -0.0754. The second-order valence-corrected chi connectivity index (χ2v) is 5.49. The fourth-order valence-corrected chi connectivity index (χ4v) is 3.19. The Morgan fingerprint density at radius 3 is 3.05 bits per heavy atom. The number of carbonyl (C=O) groups excluding carboxylic acids is 1. The Bertz CT molecular complexity index is 478. The van der Waals surface area contributed by atoms with Crippen molar-refractivity contribution in [2.45, 2.75) is 37.8 Å². The number of halogens is 1. The number of morpholine rings is 1. The van der Waals surface area contributed by atoms with E-state index in [1.807, 2.05) is 4.90 Å². The van der Waals surface area contributed by atoms with Crippen molar-refractivity contribution < 1.29 is 9.53 Å². The largest absolute Gasteiger partial charge is 0.374 e. The highest BCUT2D eigenvalue weighted by Gasteiger charge is 2.37. The maximum atomic E-state index is 12.6. The fraction of sp³-hybridized carbons (Fsp3) is 0.571. The van der Waals surface area contributed by atoms with E-state index in [1.54, 1.807) is 18.2 Å². The first-order chi connectivity index (χ1) is 9.25. The van der Waals surface area contributed by atoms with Crippen LogP contribution in [0.2, 0.25) is 5.15 Å². The van der Waals surface area contributed by atoms with E-state index in [4.69, 9.17) is 16.3 Å². The lowest BCUT2D eigenvalue weighted by Crippen LogP contribution is -2.54. The average Bonchev–Trinajstić information content (AvgIpc) is 2.46. The van der Waals surface area contributed by atoms with Gasteiger partial charge in [-0.05, 0) is 25.0 Å². The van der Waals surface area contributed by atoms with E-state index < -0.39 is 0 Å². The molecule has 1 aromatic heterocycles. The Morgan fingerprint density at radius 2 is 2.21 bits per heavy atom. The number of hydrogen-bond acceptors (Lipinski definition) is 3. The number of pyridine rings is 1. The third-order valence-electron chi connectivity index (χ3n) is 3.93. The number of nitrogens with zero attached hydrogens (tertiary/aromatic N) is 2. The van der Waals surface area contributed by atoms with Gasteiger partial charge in [0.05, 0.1) is 18.8 Å². The van der Waals surface area contributed by atoms with E-state index in [2.05, 4.69) is 4.98 Å². The standard InChI is InChI=1S/C14H17ClN2O2/c15-13-7-3-4-10(16-13)14(18)17-8-9-19-12-6-2-1-5-11(12)17/h3-4,7,11-12H,1-2,5-6,8-9H2. The average molecular weight is 281 g/mol. The molecule has 0 spiro atoms. The molecule has 0 bridgehead atoms. The highest BCUT2D eigenvalue weighted by atomic mass is 35.5. The van der Waals surface area contributed by atoms with Gasteiger partial charge in [-0.3, -0.25) is 4.79 Å². The van der Waals surface area contributed by atoms with Crippen LogP contribution in [0.25, 0.3) is 0 Å². The molecule has 0 aromatic carbocycles. The zero-order chi connectivity index (χ0) is 13.2. The molecule has 1 aliphatic heterocycles. The Labute approximate surface area is 117 Å². The lowest BCUT2D eigenvalue weighted by atomic mass is 9.90. The van der Waals surface area contributed by atoms with Gasteiger partial charge in [0.15, 0.2) is 0 Å². The van der Waals surface area contributed by atoms with Crippen LogP contribution in [0.5, 0.6) is 0 Å². The molecule has 0 radical (unpaired) electrons. The second kappa shape index (κ2) is 5.47. The normalized spacial score (nSPS) is 26.9. The third kappa shape index (κ3) is 2.60. The minimum Gasteiger partial charge on any atom is -0.374 e. The number of carbonyl (C=O) groups is 1. The summed E-state index contributed by atoms with van der Waals surface area (Å²) in [5, 5.41) is 0.360. The lowest BCUT2D eigenvalue weighted by Gasteiger charge is -2.43. The molecule has 1 amide bonds. The van der Waals surface area contributed by atoms with Gasteiger partial charge in [0.2, 0.25) is 0 Å². The summed E-state index contributed by atoms with van der Waals surface area (Å²) in [6, 6.07) is 5.38. The summed E-state index contributed by atoms with van der Waals surface area (Å²) in [4.78, 5) is 18.6. The second-order valence-electron chi connectivity index (χ2n) is 5.11. The van der Waals surface area contributed by atoms with Gasteiger partial charge in [-0.25, -0.2) is 4.98 Å². The molecular formula is C14H17ClN2O2. The van der Waals surface area contributed by atoms with Gasteiger partial charge in [-0.1, -0.05) is 30.5 Å². The number of rotatable bonds is 1. The van der Waals surface area contributed by atoms with Gasteiger partial charge in [0, 0.05) is 6.54 Å². The van der Waals surface area contributed by atoms with Gasteiger partial charge in [0.1, 0.15) is 10.8 Å². The number of hydrogen-bond donors (Lipinski definition) is 0. The van der Waals surface area contributed by atoms with Gasteiger partial charge in [0.25, 0.3) is 5.91 Å².